The molecule has 2 aliphatic rings. The summed E-state index contributed by atoms with van der Waals surface area (Å²) in [4.78, 5) is 35.6. The fraction of sp³-hybridized carbons (Fsp3) is 0.556. The number of nitrogens with one attached hydrogen (secondary N) is 3. The van der Waals surface area contributed by atoms with E-state index in [0.29, 0.717) is 4.47 Å². The molecule has 2 atom stereocenters. The normalized spacial score (nSPS) is 21.6. The van der Waals surface area contributed by atoms with Crippen LogP contribution in [0, 0.1) is 10.1 Å². The number of carbonyl (C=O) groups excluding carboxylic acids is 2. The number of halogens is 2. The molecule has 0 spiro atoms. The van der Waals surface area contributed by atoms with Crippen molar-refractivity contribution in [1.29, 1.82) is 0 Å². The van der Waals surface area contributed by atoms with Crippen LogP contribution in [0.25, 0.3) is 0 Å². The predicted octanol–water partition coefficient (Wildman–Crippen LogP) is 3.33. The topological polar surface area (TPSA) is 113 Å². The highest BCUT2D eigenvalue weighted by molar-refractivity contribution is 9.10. The summed E-state index contributed by atoms with van der Waals surface area (Å²) in [5.74, 6) is -0.764. The maximum Gasteiger partial charge on any atom is 0.294 e. The van der Waals surface area contributed by atoms with Crippen molar-refractivity contribution in [3.63, 3.8) is 0 Å². The Morgan fingerprint density at radius 3 is 2.43 bits per heavy atom. The Bertz CT molecular complexity index is 787. The van der Waals surface area contributed by atoms with Gasteiger partial charge in [0, 0.05) is 28.7 Å². The molecule has 0 aromatic heterocycles. The molecule has 0 bridgehead atoms. The zero-order chi connectivity index (χ0) is 20.3. The predicted molar refractivity (Wildman–Crippen MR) is 110 cm³/mol. The van der Waals surface area contributed by atoms with Crippen LogP contribution >= 0.6 is 27.5 Å². The minimum absolute atomic E-state index is 0.129. The van der Waals surface area contributed by atoms with Gasteiger partial charge in [0.25, 0.3) is 11.6 Å². The Balaban J connectivity index is 1.92. The average molecular weight is 474 g/mol. The van der Waals surface area contributed by atoms with Gasteiger partial charge in [-0.3, -0.25) is 19.7 Å². The van der Waals surface area contributed by atoms with Crippen molar-refractivity contribution >= 4 is 50.7 Å². The lowest BCUT2D eigenvalue weighted by Crippen LogP contribution is -2.49. The molecular formula is C18H22BrClN4O4. The van der Waals surface area contributed by atoms with Gasteiger partial charge in [-0.05, 0) is 31.7 Å². The van der Waals surface area contributed by atoms with E-state index in [0.717, 1.165) is 38.5 Å². The number of nitrogens with zero attached hydrogens (tertiary/aromatic N) is 1. The van der Waals surface area contributed by atoms with E-state index in [1.54, 1.807) is 6.07 Å². The number of benzene rings is 1. The molecule has 2 aliphatic carbocycles. The summed E-state index contributed by atoms with van der Waals surface area (Å²) in [5, 5.41) is 20.6. The number of alkyl halides is 1. The van der Waals surface area contributed by atoms with Crippen LogP contribution in [0.2, 0.25) is 0 Å². The molecule has 1 aromatic carbocycles. The van der Waals surface area contributed by atoms with Gasteiger partial charge in [-0.25, -0.2) is 0 Å². The van der Waals surface area contributed by atoms with Gasteiger partial charge in [0.15, 0.2) is 0 Å². The van der Waals surface area contributed by atoms with Crippen molar-refractivity contribution in [3.05, 3.63) is 32.3 Å². The number of nitro benzene ring substituents is 1. The zero-order valence-corrected chi connectivity index (χ0v) is 17.5. The molecule has 0 heterocycles. The van der Waals surface area contributed by atoms with Crippen LogP contribution in [0.5, 0.6) is 0 Å². The largest absolute Gasteiger partial charge is 0.374 e. The van der Waals surface area contributed by atoms with E-state index in [1.807, 2.05) is 0 Å². The quantitative estimate of drug-likeness (QED) is 0.319. The first-order chi connectivity index (χ1) is 13.4. The molecule has 2 amide bonds. The number of rotatable bonds is 7. The van der Waals surface area contributed by atoms with Crippen molar-refractivity contribution < 1.29 is 14.5 Å². The highest BCUT2D eigenvalue weighted by Crippen LogP contribution is 2.35. The minimum atomic E-state index is -0.504. The van der Waals surface area contributed by atoms with E-state index in [4.69, 9.17) is 11.6 Å². The average Bonchev–Trinajstić information content (AvgIpc) is 3.47. The lowest BCUT2D eigenvalue weighted by Gasteiger charge is -2.33. The SMILES string of the molecule is O=C(CCl)N[C@H]1CCCC[C@H]1Nc1c(C(=O)NC2CC2)cc(Br)cc1[N+](=O)[O-]. The van der Waals surface area contributed by atoms with Gasteiger partial charge in [-0.1, -0.05) is 28.8 Å². The van der Waals surface area contributed by atoms with Crippen molar-refractivity contribution in [2.45, 2.75) is 56.7 Å². The molecule has 28 heavy (non-hydrogen) atoms. The van der Waals surface area contributed by atoms with Gasteiger partial charge < -0.3 is 16.0 Å². The van der Waals surface area contributed by atoms with Crippen molar-refractivity contribution in [3.8, 4) is 0 Å². The van der Waals surface area contributed by atoms with Crippen LogP contribution in [0.4, 0.5) is 11.4 Å². The number of nitro groups is 1. The summed E-state index contributed by atoms with van der Waals surface area (Å²) in [6.07, 6.45) is 5.18. The van der Waals surface area contributed by atoms with Crippen LogP contribution in [0.15, 0.2) is 16.6 Å². The first-order valence-corrected chi connectivity index (χ1v) is 10.6. The Kier molecular flexibility index (Phi) is 6.77. The van der Waals surface area contributed by atoms with Crippen LogP contribution in [-0.2, 0) is 4.79 Å². The van der Waals surface area contributed by atoms with Gasteiger partial charge >= 0.3 is 0 Å². The Labute approximate surface area is 176 Å². The summed E-state index contributed by atoms with van der Waals surface area (Å²) in [5.41, 5.74) is 0.229. The smallest absolute Gasteiger partial charge is 0.294 e. The lowest BCUT2D eigenvalue weighted by molar-refractivity contribution is -0.384. The van der Waals surface area contributed by atoms with E-state index >= 15 is 0 Å². The minimum Gasteiger partial charge on any atom is -0.374 e. The zero-order valence-electron chi connectivity index (χ0n) is 15.2. The highest BCUT2D eigenvalue weighted by atomic mass is 79.9. The number of anilines is 1. The van der Waals surface area contributed by atoms with E-state index in [2.05, 4.69) is 31.9 Å². The summed E-state index contributed by atoms with van der Waals surface area (Å²) in [6.45, 7) is 0. The Morgan fingerprint density at radius 1 is 1.14 bits per heavy atom. The second kappa shape index (κ2) is 9.09. The van der Waals surface area contributed by atoms with Crippen molar-refractivity contribution in [2.75, 3.05) is 11.2 Å². The Hall–Kier alpha value is -1.87. The molecule has 0 saturated heterocycles. The molecule has 3 rings (SSSR count). The van der Waals surface area contributed by atoms with Gasteiger partial charge in [0.05, 0.1) is 10.5 Å². The van der Waals surface area contributed by atoms with Crippen LogP contribution in [-0.4, -0.2) is 40.7 Å². The van der Waals surface area contributed by atoms with Crippen LogP contribution in [0.1, 0.15) is 48.9 Å². The maximum absolute atomic E-state index is 12.7. The molecule has 3 N–H and O–H groups in total. The Morgan fingerprint density at radius 2 is 1.82 bits per heavy atom. The van der Waals surface area contributed by atoms with Crippen LogP contribution < -0.4 is 16.0 Å². The van der Waals surface area contributed by atoms with E-state index in [9.17, 15) is 19.7 Å². The molecule has 2 fully saturated rings. The summed E-state index contributed by atoms with van der Waals surface area (Å²) < 4.78 is 0.460. The van der Waals surface area contributed by atoms with Gasteiger partial charge in [0.1, 0.15) is 11.6 Å². The first kappa shape index (κ1) is 20.9. The van der Waals surface area contributed by atoms with Crippen molar-refractivity contribution in [1.82, 2.24) is 10.6 Å². The molecule has 8 nitrogen and oxygen atoms in total. The third kappa shape index (κ3) is 5.14. The van der Waals surface area contributed by atoms with Crippen LogP contribution in [0.3, 0.4) is 0 Å². The number of amides is 2. The maximum atomic E-state index is 12.7. The summed E-state index contributed by atoms with van der Waals surface area (Å²) in [7, 11) is 0. The molecule has 0 unspecified atom stereocenters. The molecular weight excluding hydrogens is 452 g/mol. The van der Waals surface area contributed by atoms with Gasteiger partial charge in [-0.2, -0.15) is 0 Å². The summed E-state index contributed by atoms with van der Waals surface area (Å²) in [6, 6.07) is 2.66. The second-order valence-electron chi connectivity index (χ2n) is 7.20. The molecule has 0 aliphatic heterocycles. The second-order valence-corrected chi connectivity index (χ2v) is 8.38. The molecule has 10 heteroatoms. The van der Waals surface area contributed by atoms with E-state index < -0.39 is 4.92 Å². The fourth-order valence-electron chi connectivity index (χ4n) is 3.47. The van der Waals surface area contributed by atoms with Gasteiger partial charge in [-0.15, -0.1) is 11.6 Å². The number of hydrogen-bond acceptors (Lipinski definition) is 5. The molecule has 0 radical (unpaired) electrons. The number of carbonyl (C=O) groups is 2. The lowest BCUT2D eigenvalue weighted by atomic mass is 9.89. The first-order valence-electron chi connectivity index (χ1n) is 9.29. The third-order valence-electron chi connectivity index (χ3n) is 5.00. The highest BCUT2D eigenvalue weighted by Gasteiger charge is 2.32. The monoisotopic (exact) mass is 472 g/mol. The van der Waals surface area contributed by atoms with Gasteiger partial charge in [0.2, 0.25) is 5.91 Å². The summed E-state index contributed by atoms with van der Waals surface area (Å²) >= 11 is 8.87. The molecule has 152 valence electrons. The van der Waals surface area contributed by atoms with E-state index in [-0.39, 0.29) is 52.8 Å². The third-order valence-corrected chi connectivity index (χ3v) is 5.70. The molecule has 2 saturated carbocycles. The standard InChI is InChI=1S/C18H22BrClN4O4/c19-10-7-12(18(26)21-11-5-6-11)17(15(8-10)24(27)28)23-14-4-2-1-3-13(14)22-16(25)9-20/h7-8,11,13-14,23H,1-6,9H2,(H,21,26)(H,22,25)/t13-,14+/m0/s1. The number of hydrogen-bond donors (Lipinski definition) is 3. The van der Waals surface area contributed by atoms with Crippen molar-refractivity contribution in [2.24, 2.45) is 0 Å². The fourth-order valence-corrected chi connectivity index (χ4v) is 3.99. The molecule has 1 aromatic rings. The van der Waals surface area contributed by atoms with E-state index in [1.165, 1.54) is 6.07 Å².